The third kappa shape index (κ3) is 10.6. The minimum atomic E-state index is -4.91. The number of hydrogen-bond acceptors (Lipinski definition) is 14. The number of benzene rings is 4. The molecule has 2 aromatic heterocycles. The summed E-state index contributed by atoms with van der Waals surface area (Å²) in [6.45, 7) is -0.0503. The van der Waals surface area contributed by atoms with Crippen molar-refractivity contribution in [1.82, 2.24) is 44.9 Å². The van der Waals surface area contributed by atoms with Crippen LogP contribution in [0.2, 0.25) is 10.0 Å². The lowest BCUT2D eigenvalue weighted by atomic mass is 9.89. The number of alkyl halides is 3. The van der Waals surface area contributed by atoms with Crippen LogP contribution in [-0.4, -0.2) is 136 Å². The number of carbonyl (C=O) groups excluding carboxylic acids is 5. The standard InChI is InChI=1S/C51H45Cl2F5N10O10/c1-23-59-47(68(63-23)38-16-27(52)5-10-33(38)51(56,57)58)46-45(43(44(72)39(21-69)78-46)67-20-36(62-64-67)25-14-34(54)42(53)35(55)15-25)76-22-40(70)60-29-17-31(18-29)77-30-7-3-24(4-8-30)48(73)61-28-6-9-32-26(13-28)19-66(49(32)74)37-11-12-41(71)65(2)50(37)75/h3-10,13-16,20,29,31,37,39,43-46,69,72H,11-12,17-19,21-22H2,1-2H3,(H,60,70)(H,61,73)/t29?,31?,37?,39-,43+,44+,45-,46-/m1/s1. The molecule has 1 saturated carbocycles. The maximum Gasteiger partial charge on any atom is 0.418 e. The highest BCUT2D eigenvalue weighted by atomic mass is 35.5. The van der Waals surface area contributed by atoms with Crippen molar-refractivity contribution in [2.75, 3.05) is 25.6 Å². The predicted molar refractivity (Wildman–Crippen MR) is 263 cm³/mol. The van der Waals surface area contributed by atoms with E-state index in [1.54, 1.807) is 42.5 Å². The average molecular weight is 1120 g/mol. The third-order valence-corrected chi connectivity index (χ3v) is 14.5. The Bertz CT molecular complexity index is 3340. The highest BCUT2D eigenvalue weighted by molar-refractivity contribution is 6.31. The van der Waals surface area contributed by atoms with E-state index in [1.165, 1.54) is 25.1 Å². The number of carbonyl (C=O) groups is 5. The van der Waals surface area contributed by atoms with E-state index in [1.807, 2.05) is 0 Å². The molecule has 0 bridgehead atoms. The number of likely N-dealkylation sites (N-methyl/N-ethyl adjacent to an activating group) is 1. The van der Waals surface area contributed by atoms with Crippen LogP contribution in [0.1, 0.15) is 81.3 Å². The third-order valence-electron chi connectivity index (χ3n) is 13.9. The molecule has 1 unspecified atom stereocenters. The van der Waals surface area contributed by atoms with Crippen molar-refractivity contribution < 1.29 is 70.3 Å². The van der Waals surface area contributed by atoms with Crippen molar-refractivity contribution in [1.29, 1.82) is 0 Å². The summed E-state index contributed by atoms with van der Waals surface area (Å²) in [5.41, 5.74) is -0.182. The monoisotopic (exact) mass is 1120 g/mol. The number of aliphatic hydroxyl groups is 2. The SMILES string of the molecule is Cc1nc([C@@H]2O[C@H](CO)[C@H](O)[C@H](n3cc(-c4cc(F)c(Cl)c(F)c4)nn3)[C@H]2OCC(=O)NC2CC(Oc3ccc(C(=O)Nc4ccc5c(c4)CN(C4CCC(=O)N(C)C4=O)C5=O)cc3)C2)n(-c2cc(Cl)ccc2C(F)(F)F)n1. The number of halogens is 7. The number of aromatic nitrogens is 6. The number of aryl methyl sites for hydroxylation is 1. The highest BCUT2D eigenvalue weighted by Crippen LogP contribution is 2.43. The van der Waals surface area contributed by atoms with E-state index in [9.17, 15) is 56.1 Å². The number of piperidine rings is 1. The molecule has 78 heavy (non-hydrogen) atoms. The van der Waals surface area contributed by atoms with Gasteiger partial charge in [-0.25, -0.2) is 23.1 Å². The van der Waals surface area contributed by atoms with Crippen LogP contribution in [-0.2, 0) is 36.6 Å². The van der Waals surface area contributed by atoms with Gasteiger partial charge < -0.3 is 40.0 Å². The average Bonchev–Trinajstić information content (AvgIpc) is 4.32. The van der Waals surface area contributed by atoms with E-state index < -0.39 is 108 Å². The second-order valence-electron chi connectivity index (χ2n) is 19.1. The van der Waals surface area contributed by atoms with Gasteiger partial charge in [-0.1, -0.05) is 28.4 Å². The molecule has 4 aromatic carbocycles. The first-order valence-electron chi connectivity index (χ1n) is 24.2. The molecule has 4 aliphatic rings. The Morgan fingerprint density at radius 3 is 2.41 bits per heavy atom. The first-order chi connectivity index (χ1) is 37.1. The summed E-state index contributed by atoms with van der Waals surface area (Å²) < 4.78 is 92.9. The van der Waals surface area contributed by atoms with Gasteiger partial charge in [-0.3, -0.25) is 28.9 Å². The van der Waals surface area contributed by atoms with Gasteiger partial charge in [0.05, 0.1) is 24.1 Å². The van der Waals surface area contributed by atoms with Gasteiger partial charge in [0.1, 0.15) is 83.1 Å². The quantitative estimate of drug-likeness (QED) is 0.0561. The number of likely N-dealkylation sites (tertiary alicyclic amines) is 1. The van der Waals surface area contributed by atoms with Gasteiger partial charge in [-0.05, 0) is 91.7 Å². The van der Waals surface area contributed by atoms with Gasteiger partial charge in [0.2, 0.25) is 11.8 Å². The topological polar surface area (TPSA) is 245 Å². The van der Waals surface area contributed by atoms with Crippen molar-refractivity contribution in [2.45, 2.75) is 94.0 Å². The van der Waals surface area contributed by atoms with E-state index in [4.69, 9.17) is 37.4 Å². The van der Waals surface area contributed by atoms with Crippen LogP contribution in [0.15, 0.2) is 79.0 Å². The Morgan fingerprint density at radius 1 is 0.974 bits per heavy atom. The summed E-state index contributed by atoms with van der Waals surface area (Å²) >= 11 is 11.9. The number of nitrogens with one attached hydrogen (secondary N) is 2. The maximum absolute atomic E-state index is 14.6. The van der Waals surface area contributed by atoms with Gasteiger partial charge in [0.15, 0.2) is 5.82 Å². The second kappa shape index (κ2) is 21.4. The van der Waals surface area contributed by atoms with Crippen LogP contribution in [0.25, 0.3) is 16.9 Å². The van der Waals surface area contributed by atoms with Crippen LogP contribution in [0, 0.1) is 18.6 Å². The van der Waals surface area contributed by atoms with Crippen LogP contribution in [0.4, 0.5) is 27.6 Å². The number of anilines is 1. The van der Waals surface area contributed by atoms with E-state index in [0.717, 1.165) is 44.6 Å². The Kier molecular flexibility index (Phi) is 14.8. The first kappa shape index (κ1) is 54.0. The number of nitrogens with zero attached hydrogens (tertiary/aromatic N) is 8. The molecule has 3 fully saturated rings. The second-order valence-corrected chi connectivity index (χ2v) is 19.9. The van der Waals surface area contributed by atoms with Crippen LogP contribution in [0.5, 0.6) is 5.75 Å². The minimum Gasteiger partial charge on any atom is -0.490 e. The number of hydrogen-bond donors (Lipinski definition) is 4. The van der Waals surface area contributed by atoms with Crippen molar-refractivity contribution in [3.63, 3.8) is 0 Å². The molecule has 27 heteroatoms. The summed E-state index contributed by atoms with van der Waals surface area (Å²) in [5.74, 6) is -4.31. The van der Waals surface area contributed by atoms with E-state index >= 15 is 0 Å². The molecule has 5 amide bonds. The molecule has 2 saturated heterocycles. The molecule has 0 spiro atoms. The molecule has 6 atom stereocenters. The fourth-order valence-corrected chi connectivity index (χ4v) is 10.2. The van der Waals surface area contributed by atoms with Crippen LogP contribution < -0.4 is 15.4 Å². The molecule has 20 nitrogen and oxygen atoms in total. The zero-order valence-electron chi connectivity index (χ0n) is 41.0. The number of fused-ring (bicyclic) bond motifs is 1. The first-order valence-corrected chi connectivity index (χ1v) is 25.0. The van der Waals surface area contributed by atoms with Gasteiger partial charge in [-0.2, -0.15) is 18.3 Å². The van der Waals surface area contributed by atoms with Gasteiger partial charge in [0, 0.05) is 66.3 Å². The van der Waals surface area contributed by atoms with Crippen molar-refractivity contribution in [3.05, 3.63) is 135 Å². The molecule has 0 radical (unpaired) electrons. The van der Waals surface area contributed by atoms with Crippen LogP contribution in [0.3, 0.4) is 0 Å². The van der Waals surface area contributed by atoms with E-state index in [2.05, 4.69) is 31.0 Å². The van der Waals surface area contributed by atoms with Crippen molar-refractivity contribution in [3.8, 4) is 22.7 Å². The normalized spacial score (nSPS) is 23.3. The van der Waals surface area contributed by atoms with E-state index in [-0.39, 0.29) is 65.2 Å². The number of ether oxygens (including phenoxy) is 3. The Morgan fingerprint density at radius 2 is 1.71 bits per heavy atom. The molecule has 1 aliphatic carbocycles. The summed E-state index contributed by atoms with van der Waals surface area (Å²) in [6.07, 6.45) is -9.41. The number of imide groups is 1. The number of amides is 5. The fourth-order valence-electron chi connectivity index (χ4n) is 9.92. The molecular weight excluding hydrogens is 1080 g/mol. The molecule has 3 aliphatic heterocycles. The molecule has 10 rings (SSSR count). The Hall–Kier alpha value is -7.42. The summed E-state index contributed by atoms with van der Waals surface area (Å²) in [7, 11) is 1.39. The number of rotatable bonds is 14. The molecule has 408 valence electrons. The van der Waals surface area contributed by atoms with Crippen LogP contribution >= 0.6 is 23.2 Å². The smallest absolute Gasteiger partial charge is 0.418 e. The van der Waals surface area contributed by atoms with Crippen molar-refractivity contribution in [2.24, 2.45) is 0 Å². The van der Waals surface area contributed by atoms with Gasteiger partial charge in [0.25, 0.3) is 17.7 Å². The Labute approximate surface area is 448 Å². The molecular formula is C51H45Cl2F5N10O10. The van der Waals surface area contributed by atoms with Gasteiger partial charge >= 0.3 is 6.18 Å². The Balaban J connectivity index is 0.803. The van der Waals surface area contributed by atoms with E-state index in [0.29, 0.717) is 41.0 Å². The lowest BCUT2D eigenvalue weighted by Gasteiger charge is -2.43. The zero-order valence-corrected chi connectivity index (χ0v) is 42.5. The highest BCUT2D eigenvalue weighted by Gasteiger charge is 2.51. The van der Waals surface area contributed by atoms with Crippen molar-refractivity contribution >= 4 is 58.4 Å². The summed E-state index contributed by atoms with van der Waals surface area (Å²) in [6, 6.07) is 13.1. The zero-order chi connectivity index (χ0) is 55.5. The number of aliphatic hydroxyl groups excluding tert-OH is 2. The largest absolute Gasteiger partial charge is 0.490 e. The minimum absolute atomic E-state index is 0.0372. The van der Waals surface area contributed by atoms with Gasteiger partial charge in [-0.15, -0.1) is 5.10 Å². The maximum atomic E-state index is 14.6. The molecule has 5 heterocycles. The summed E-state index contributed by atoms with van der Waals surface area (Å²) in [5, 5.41) is 39.3. The predicted octanol–water partition coefficient (Wildman–Crippen LogP) is 5.94. The lowest BCUT2D eigenvalue weighted by molar-refractivity contribution is -0.223. The molecule has 6 aromatic rings. The fraction of sp³-hybridized carbons (Fsp3) is 0.353. The molecule has 4 N–H and O–H groups in total. The summed E-state index contributed by atoms with van der Waals surface area (Å²) in [4.78, 5) is 71.8. The lowest BCUT2D eigenvalue weighted by Crippen LogP contribution is -2.55.